The average molecular weight is 1740 g/mol. The molecule has 123 heavy (non-hydrogen) atoms. The first-order valence-corrected chi connectivity index (χ1v) is 47.1. The van der Waals surface area contributed by atoms with Crippen molar-refractivity contribution in [2.24, 2.45) is 47.3 Å². The second kappa shape index (κ2) is 74.5. The fourth-order valence-electron chi connectivity index (χ4n) is 15.9. The van der Waals surface area contributed by atoms with E-state index in [0.29, 0.717) is 10.9 Å². The van der Waals surface area contributed by atoms with E-state index in [1.807, 2.05) is 78.0 Å². The fraction of sp³-hybridized carbons (Fsp3) is 0.528. The van der Waals surface area contributed by atoms with Crippen molar-refractivity contribution in [3.63, 3.8) is 0 Å². The van der Waals surface area contributed by atoms with Crippen molar-refractivity contribution in [2.45, 2.75) is 239 Å². The van der Waals surface area contributed by atoms with E-state index in [1.165, 1.54) is 200 Å². The number of carbonyl (C=O) groups is 1. The molecule has 17 rings (SSSR count). The molecule has 2 saturated heterocycles. The molecule has 2 aliphatic heterocycles. The van der Waals surface area contributed by atoms with Gasteiger partial charge in [0.05, 0.1) is 42.2 Å². The first kappa shape index (κ1) is 113. The normalized spacial score (nSPS) is 18.2. The molecule has 2 bridgehead atoms. The van der Waals surface area contributed by atoms with Crippen LogP contribution < -0.4 is 42.5 Å². The SMILES string of the molecule is C1=CC2C3C=CC(C3)C2C1.C1=CCC=C1.C1CCOC1.C1CCOC1.CC.CC(C)Cl.CC(Cl)Cl.CCOCC.CO.COc1ccc(C=C2C=CC=C2)cc1.COc1ccc(CC2CCCC2)cc1.COc1ccc(CC2CCCC2)cc1.COc1ccc(CC2CCCC2)cc1.COc1ccc(CC2CCCC2)cc1.O=Cc1ccc(CO)cc1.[Li+]. The van der Waals surface area contributed by atoms with E-state index in [9.17, 15) is 4.79 Å². The van der Waals surface area contributed by atoms with Gasteiger partial charge in [0.15, 0.2) is 0 Å². The molecule has 676 valence electrons. The van der Waals surface area contributed by atoms with Gasteiger partial charge in [0.1, 0.15) is 39.9 Å². The van der Waals surface area contributed by atoms with Crippen molar-refractivity contribution < 1.29 is 71.8 Å². The number of aliphatic hydroxyl groups is 2. The summed E-state index contributed by atoms with van der Waals surface area (Å²) in [7, 11) is 9.53. The summed E-state index contributed by atoms with van der Waals surface area (Å²) >= 11 is 15.4. The number of aldehydes is 1. The van der Waals surface area contributed by atoms with Crippen molar-refractivity contribution in [1.29, 1.82) is 0 Å². The van der Waals surface area contributed by atoms with Gasteiger partial charge < -0.3 is 48.1 Å². The number of ether oxygens (including phenoxy) is 8. The summed E-state index contributed by atoms with van der Waals surface area (Å²) in [5.41, 5.74) is 9.71. The quantitative estimate of drug-likeness (QED) is 0.0369. The number of carbonyl (C=O) groups excluding carboxylic acids is 1. The number of alkyl halides is 3. The summed E-state index contributed by atoms with van der Waals surface area (Å²) in [4.78, 5) is 9.92. The molecule has 9 aliphatic carbocycles. The van der Waals surface area contributed by atoms with Gasteiger partial charge in [0, 0.05) is 57.7 Å². The monoisotopic (exact) mass is 1740 g/mol. The van der Waals surface area contributed by atoms with Gasteiger partial charge in [-0.1, -0.05) is 274 Å². The predicted molar refractivity (Wildman–Crippen MR) is 520 cm³/mol. The molecule has 2 heterocycles. The van der Waals surface area contributed by atoms with Crippen molar-refractivity contribution in [3.05, 3.63) is 263 Å². The predicted octanol–water partition coefficient (Wildman–Crippen LogP) is 25.5. The van der Waals surface area contributed by atoms with Gasteiger partial charge in [-0.2, -0.15) is 0 Å². The van der Waals surface area contributed by atoms with Crippen LogP contribution in [-0.4, -0.2) is 109 Å². The first-order valence-electron chi connectivity index (χ1n) is 45.7. The van der Waals surface area contributed by atoms with Gasteiger partial charge in [0.25, 0.3) is 0 Å². The zero-order valence-electron chi connectivity index (χ0n) is 78.0. The van der Waals surface area contributed by atoms with Crippen molar-refractivity contribution >= 4 is 47.2 Å². The maximum atomic E-state index is 10.1. The van der Waals surface area contributed by atoms with E-state index < -0.39 is 0 Å². The average Bonchev–Trinajstić information content (AvgIpc) is 1.62. The smallest absolute Gasteiger partial charge is 0.497 e. The molecule has 11 aliphatic rings. The van der Waals surface area contributed by atoms with Gasteiger partial charge in [-0.25, -0.2) is 0 Å². The van der Waals surface area contributed by atoms with Crippen LogP contribution in [-0.2, 0) is 46.5 Å². The molecule has 7 fully saturated rings. The molecule has 0 aromatic heterocycles. The van der Waals surface area contributed by atoms with Crippen LogP contribution in [0.15, 0.2) is 224 Å². The van der Waals surface area contributed by atoms with E-state index in [1.54, 1.807) is 66.7 Å². The van der Waals surface area contributed by atoms with Crippen molar-refractivity contribution in [2.75, 3.05) is 82.3 Å². The summed E-state index contributed by atoms with van der Waals surface area (Å²) in [6.07, 6.45) is 66.1. The summed E-state index contributed by atoms with van der Waals surface area (Å²) in [6, 6.07) is 48.9. The summed E-state index contributed by atoms with van der Waals surface area (Å²) in [6.45, 7) is 19.3. The number of allylic oxidation sites excluding steroid dienone is 13. The Morgan fingerprint density at radius 2 is 0.707 bits per heavy atom. The molecule has 0 spiro atoms. The Hall–Kier alpha value is -6.56. The Morgan fingerprint density at radius 1 is 0.415 bits per heavy atom. The molecule has 4 unspecified atom stereocenters. The number of fused-ring (bicyclic) bond motifs is 5. The summed E-state index contributed by atoms with van der Waals surface area (Å²) in [5, 5.41) is 15.9. The zero-order chi connectivity index (χ0) is 88.8. The van der Waals surface area contributed by atoms with E-state index >= 15 is 0 Å². The Morgan fingerprint density at radius 3 is 0.951 bits per heavy atom. The maximum absolute atomic E-state index is 10.1. The van der Waals surface area contributed by atoms with Crippen LogP contribution >= 0.6 is 34.8 Å². The third-order valence-electron chi connectivity index (χ3n) is 22.2. The van der Waals surface area contributed by atoms with E-state index in [4.69, 9.17) is 82.9 Å². The topological polar surface area (TPSA) is 131 Å². The third-order valence-corrected chi connectivity index (χ3v) is 22.2. The minimum absolute atomic E-state index is 0. The molecule has 11 nitrogen and oxygen atoms in total. The van der Waals surface area contributed by atoms with Crippen LogP contribution in [0.2, 0.25) is 0 Å². The number of benzene rings is 6. The maximum Gasteiger partial charge on any atom is 1.00 e. The Bertz CT molecular complexity index is 3370. The third kappa shape index (κ3) is 53.6. The van der Waals surface area contributed by atoms with Gasteiger partial charge in [-0.05, 0) is 258 Å². The molecular formula is C108H157Cl3LiO11+. The first-order chi connectivity index (χ1) is 59.6. The molecule has 15 heteroatoms. The summed E-state index contributed by atoms with van der Waals surface area (Å²) < 4.78 is 40.4. The number of hydrogen-bond donors (Lipinski definition) is 2. The molecule has 2 N–H and O–H groups in total. The molecule has 0 radical (unpaired) electrons. The molecule has 6 aromatic carbocycles. The van der Waals surface area contributed by atoms with E-state index in [-0.39, 0.29) is 30.3 Å². The molecule has 6 aromatic rings. The largest absolute Gasteiger partial charge is 1.00 e. The standard InChI is InChI=1S/4C13H18O.C13H12O.C10H12.C8H8O2.C5H6.2C4H8O.C4H10O.C3H7Cl.C2H4Cl2.C2H6.CH4O.Li/c5*1-14-13-8-6-12(7-9-13)10-11-4-2-3-5-11;1-2-9-7-4-5-8(6-7)10(9)3-1;9-5-7-1-2-8(6-10)4-3-7;3*1-2-4-5-3-1;1-3-5-4-2;1-3(2)4;1-2(3)4;2*1-2;/h4*6-9,11H,2-5,10H2,1H3;2-10H,1H3;1-2,4-5,7-10H,3,6H2;1-5,10H,6H2;1-4H,5H2;2*1-4H2;3-4H2,1-2H3;3H,1-2H3;2H,1H3;1-2H3;2H,1H3;/q;;;;;;;;;;;;;;;+1. The molecular weight excluding hydrogens is 1590 g/mol. The second-order valence-electron chi connectivity index (χ2n) is 31.9. The summed E-state index contributed by atoms with van der Waals surface area (Å²) in [5.74, 6) is 12.3. The molecule has 5 saturated carbocycles. The second-order valence-corrected chi connectivity index (χ2v) is 34.3. The van der Waals surface area contributed by atoms with Gasteiger partial charge in [-0.15, -0.1) is 34.8 Å². The Labute approximate surface area is 773 Å². The van der Waals surface area contributed by atoms with Crippen LogP contribution in [0.1, 0.15) is 240 Å². The van der Waals surface area contributed by atoms with E-state index in [2.05, 4.69) is 164 Å². The Kier molecular flexibility index (Phi) is 68.2. The number of methoxy groups -OCH3 is 5. The number of rotatable bonds is 18. The van der Waals surface area contributed by atoms with Gasteiger partial charge in [-0.3, -0.25) is 4.79 Å². The fourth-order valence-corrected chi connectivity index (χ4v) is 15.9. The zero-order valence-corrected chi connectivity index (χ0v) is 80.2. The van der Waals surface area contributed by atoms with Crippen LogP contribution in [0.4, 0.5) is 0 Å². The van der Waals surface area contributed by atoms with Crippen LogP contribution in [0, 0.1) is 47.3 Å². The Balaban J connectivity index is 0.000000459. The van der Waals surface area contributed by atoms with Crippen molar-refractivity contribution in [1.82, 2.24) is 0 Å². The van der Waals surface area contributed by atoms with Crippen molar-refractivity contribution in [3.8, 4) is 28.7 Å². The minimum Gasteiger partial charge on any atom is -0.497 e. The van der Waals surface area contributed by atoms with Crippen LogP contribution in [0.25, 0.3) is 6.08 Å². The number of aliphatic hydroxyl groups excluding tert-OH is 2. The number of halogens is 3. The van der Waals surface area contributed by atoms with Crippen LogP contribution in [0.5, 0.6) is 28.7 Å². The number of hydrogen-bond acceptors (Lipinski definition) is 11. The van der Waals surface area contributed by atoms with Gasteiger partial charge >= 0.3 is 18.9 Å². The van der Waals surface area contributed by atoms with E-state index in [0.717, 1.165) is 141 Å². The molecule has 4 atom stereocenters. The minimum atomic E-state index is -0.222. The molecule has 0 amide bonds. The van der Waals surface area contributed by atoms with Gasteiger partial charge in [0.2, 0.25) is 0 Å². The van der Waals surface area contributed by atoms with Crippen LogP contribution in [0.3, 0.4) is 0 Å².